The monoisotopic (exact) mass is 288 g/mol. The number of halogens is 1. The molecule has 21 heavy (non-hydrogen) atoms. The lowest BCUT2D eigenvalue weighted by atomic mass is 10.1. The molecule has 2 aromatic rings. The van der Waals surface area contributed by atoms with Gasteiger partial charge in [0.1, 0.15) is 5.82 Å². The number of aliphatic carboxylic acids is 1. The van der Waals surface area contributed by atoms with Gasteiger partial charge in [0, 0.05) is 6.20 Å². The molecule has 1 heterocycles. The summed E-state index contributed by atoms with van der Waals surface area (Å²) in [6.45, 7) is 0. The van der Waals surface area contributed by atoms with Gasteiger partial charge in [-0.1, -0.05) is 24.3 Å². The van der Waals surface area contributed by atoms with Crippen LogP contribution in [0.3, 0.4) is 0 Å². The second-order valence-electron chi connectivity index (χ2n) is 4.36. The Morgan fingerprint density at radius 2 is 1.90 bits per heavy atom. The topological polar surface area (TPSA) is 79.3 Å². The second kappa shape index (κ2) is 6.60. The summed E-state index contributed by atoms with van der Waals surface area (Å²) in [5, 5.41) is 11.5. The Bertz CT molecular complexity index is 646. The van der Waals surface area contributed by atoms with Gasteiger partial charge in [0.2, 0.25) is 5.91 Å². The third kappa shape index (κ3) is 3.85. The molecule has 2 N–H and O–H groups in total. The summed E-state index contributed by atoms with van der Waals surface area (Å²) < 4.78 is 13.5. The van der Waals surface area contributed by atoms with Crippen molar-refractivity contribution >= 4 is 11.9 Å². The average molecular weight is 288 g/mol. The predicted octanol–water partition coefficient (Wildman–Crippen LogP) is 1.71. The number of benzene rings is 1. The molecule has 2 rings (SSSR count). The van der Waals surface area contributed by atoms with E-state index in [0.29, 0.717) is 0 Å². The van der Waals surface area contributed by atoms with E-state index < -0.39 is 23.7 Å². The van der Waals surface area contributed by atoms with Crippen LogP contribution in [-0.2, 0) is 16.0 Å². The number of carbonyl (C=O) groups is 2. The smallest absolute Gasteiger partial charge is 0.332 e. The van der Waals surface area contributed by atoms with E-state index in [4.69, 9.17) is 5.11 Å². The van der Waals surface area contributed by atoms with Gasteiger partial charge in [-0.15, -0.1) is 0 Å². The number of carboxylic acids is 1. The molecule has 0 aliphatic rings. The van der Waals surface area contributed by atoms with Crippen LogP contribution in [0, 0.1) is 5.82 Å². The van der Waals surface area contributed by atoms with E-state index in [0.717, 1.165) is 0 Å². The van der Waals surface area contributed by atoms with Gasteiger partial charge in [-0.25, -0.2) is 9.18 Å². The van der Waals surface area contributed by atoms with Crippen molar-refractivity contribution in [2.75, 3.05) is 0 Å². The molecule has 1 atom stereocenters. The molecule has 1 unspecified atom stereocenters. The summed E-state index contributed by atoms with van der Waals surface area (Å²) in [6, 6.07) is 9.36. The van der Waals surface area contributed by atoms with Crippen LogP contribution in [0.5, 0.6) is 0 Å². The highest BCUT2D eigenvalue weighted by atomic mass is 19.1. The first kappa shape index (κ1) is 14.6. The minimum atomic E-state index is -1.26. The van der Waals surface area contributed by atoms with Crippen LogP contribution in [0.15, 0.2) is 48.7 Å². The van der Waals surface area contributed by atoms with E-state index in [1.54, 1.807) is 18.2 Å². The van der Waals surface area contributed by atoms with Crippen LogP contribution in [0.1, 0.15) is 17.3 Å². The zero-order valence-electron chi connectivity index (χ0n) is 11.0. The lowest BCUT2D eigenvalue weighted by molar-refractivity contribution is -0.142. The Morgan fingerprint density at radius 3 is 2.52 bits per heavy atom. The fourth-order valence-corrected chi connectivity index (χ4v) is 1.84. The first-order chi connectivity index (χ1) is 10.1. The van der Waals surface area contributed by atoms with Crippen molar-refractivity contribution in [3.8, 4) is 0 Å². The van der Waals surface area contributed by atoms with Crippen LogP contribution in [-0.4, -0.2) is 22.0 Å². The zero-order valence-corrected chi connectivity index (χ0v) is 11.0. The Kier molecular flexibility index (Phi) is 4.61. The summed E-state index contributed by atoms with van der Waals surface area (Å²) in [4.78, 5) is 27.0. The zero-order chi connectivity index (χ0) is 15.2. The summed E-state index contributed by atoms with van der Waals surface area (Å²) in [5.41, 5.74) is 0.423. The summed E-state index contributed by atoms with van der Waals surface area (Å²) in [6.07, 6.45) is 1.21. The van der Waals surface area contributed by atoms with Crippen LogP contribution < -0.4 is 5.32 Å². The summed E-state index contributed by atoms with van der Waals surface area (Å²) in [7, 11) is 0. The average Bonchev–Trinajstić information content (AvgIpc) is 2.48. The number of rotatable bonds is 5. The Labute approximate surface area is 120 Å². The number of nitrogens with zero attached hydrogens (tertiary/aromatic N) is 1. The van der Waals surface area contributed by atoms with Gasteiger partial charge in [0.05, 0.1) is 12.1 Å². The molecule has 108 valence electrons. The maximum absolute atomic E-state index is 13.5. The van der Waals surface area contributed by atoms with E-state index in [9.17, 15) is 14.0 Å². The number of hydrogen-bond donors (Lipinski definition) is 2. The molecule has 0 aliphatic heterocycles. The van der Waals surface area contributed by atoms with Gasteiger partial charge >= 0.3 is 5.97 Å². The maximum atomic E-state index is 13.5. The van der Waals surface area contributed by atoms with Gasteiger partial charge in [-0.3, -0.25) is 9.78 Å². The number of amides is 1. The molecule has 0 saturated heterocycles. The van der Waals surface area contributed by atoms with E-state index >= 15 is 0 Å². The van der Waals surface area contributed by atoms with Crippen molar-refractivity contribution in [2.45, 2.75) is 12.5 Å². The number of hydrogen-bond acceptors (Lipinski definition) is 3. The predicted molar refractivity (Wildman–Crippen MR) is 72.9 cm³/mol. The number of aromatic nitrogens is 1. The first-order valence-corrected chi connectivity index (χ1v) is 6.24. The molecule has 1 amide bonds. The number of carbonyl (C=O) groups excluding carboxylic acids is 1. The number of pyridine rings is 1. The second-order valence-corrected chi connectivity index (χ2v) is 4.36. The van der Waals surface area contributed by atoms with Gasteiger partial charge in [0.15, 0.2) is 6.04 Å². The Balaban J connectivity index is 2.10. The van der Waals surface area contributed by atoms with E-state index in [1.165, 1.54) is 30.5 Å². The lowest BCUT2D eigenvalue weighted by Gasteiger charge is -2.14. The SMILES string of the molecule is O=C(Cc1ccccc1F)NC(C(=O)O)c1ccccn1. The number of carboxylic acid groups (broad SMARTS) is 1. The molecule has 0 spiro atoms. The molecule has 0 saturated carbocycles. The highest BCUT2D eigenvalue weighted by molar-refractivity contribution is 5.85. The molecule has 0 fully saturated rings. The van der Waals surface area contributed by atoms with Crippen LogP contribution in [0.25, 0.3) is 0 Å². The fraction of sp³-hybridized carbons (Fsp3) is 0.133. The minimum absolute atomic E-state index is 0.208. The van der Waals surface area contributed by atoms with Gasteiger partial charge in [-0.05, 0) is 23.8 Å². The Morgan fingerprint density at radius 1 is 1.19 bits per heavy atom. The summed E-state index contributed by atoms with van der Waals surface area (Å²) in [5.74, 6) is -2.31. The van der Waals surface area contributed by atoms with Crippen molar-refractivity contribution in [1.29, 1.82) is 0 Å². The van der Waals surface area contributed by atoms with Crippen molar-refractivity contribution < 1.29 is 19.1 Å². The highest BCUT2D eigenvalue weighted by Crippen LogP contribution is 2.11. The van der Waals surface area contributed by atoms with E-state index in [2.05, 4.69) is 10.3 Å². The van der Waals surface area contributed by atoms with Crippen molar-refractivity contribution in [2.24, 2.45) is 0 Å². The van der Waals surface area contributed by atoms with Gasteiger partial charge < -0.3 is 10.4 Å². The molecular formula is C15H13FN2O3. The molecular weight excluding hydrogens is 275 g/mol. The van der Waals surface area contributed by atoms with Gasteiger partial charge in [-0.2, -0.15) is 0 Å². The fourth-order valence-electron chi connectivity index (χ4n) is 1.84. The number of nitrogens with one attached hydrogen (secondary N) is 1. The quantitative estimate of drug-likeness (QED) is 0.877. The normalized spacial score (nSPS) is 11.7. The van der Waals surface area contributed by atoms with Crippen LogP contribution >= 0.6 is 0 Å². The van der Waals surface area contributed by atoms with Crippen LogP contribution in [0.4, 0.5) is 4.39 Å². The van der Waals surface area contributed by atoms with Crippen molar-refractivity contribution in [1.82, 2.24) is 10.3 Å². The molecule has 6 heteroatoms. The van der Waals surface area contributed by atoms with Gasteiger partial charge in [0.25, 0.3) is 0 Å². The Hall–Kier alpha value is -2.76. The highest BCUT2D eigenvalue weighted by Gasteiger charge is 2.23. The summed E-state index contributed by atoms with van der Waals surface area (Å²) >= 11 is 0. The van der Waals surface area contributed by atoms with E-state index in [-0.39, 0.29) is 17.7 Å². The molecule has 5 nitrogen and oxygen atoms in total. The molecule has 0 bridgehead atoms. The van der Waals surface area contributed by atoms with Crippen molar-refractivity contribution in [3.63, 3.8) is 0 Å². The maximum Gasteiger partial charge on any atom is 0.332 e. The van der Waals surface area contributed by atoms with Crippen molar-refractivity contribution in [3.05, 3.63) is 65.7 Å². The molecule has 1 aromatic carbocycles. The standard InChI is InChI=1S/C15H13FN2O3/c16-11-6-2-1-5-10(11)9-13(19)18-14(15(20)21)12-7-3-4-8-17-12/h1-8,14H,9H2,(H,18,19)(H,20,21). The van der Waals surface area contributed by atoms with Crippen LogP contribution in [0.2, 0.25) is 0 Å². The lowest BCUT2D eigenvalue weighted by Crippen LogP contribution is -2.35. The minimum Gasteiger partial charge on any atom is -0.479 e. The third-order valence-corrected chi connectivity index (χ3v) is 2.84. The first-order valence-electron chi connectivity index (χ1n) is 6.24. The largest absolute Gasteiger partial charge is 0.479 e. The molecule has 1 aromatic heterocycles. The molecule has 0 aliphatic carbocycles. The molecule has 0 radical (unpaired) electrons. The van der Waals surface area contributed by atoms with E-state index in [1.807, 2.05) is 0 Å². The third-order valence-electron chi connectivity index (χ3n) is 2.84.